The van der Waals surface area contributed by atoms with Crippen LogP contribution in [0.5, 0.6) is 0 Å². The van der Waals surface area contributed by atoms with Gasteiger partial charge in [0.1, 0.15) is 0 Å². The van der Waals surface area contributed by atoms with Crippen molar-refractivity contribution in [2.75, 3.05) is 26.7 Å². The maximum absolute atomic E-state index is 11.7. The number of amides is 1. The molecule has 0 aliphatic carbocycles. The summed E-state index contributed by atoms with van der Waals surface area (Å²) in [7, 11) is 1.71. The third kappa shape index (κ3) is 2.63. The molecule has 2 N–H and O–H groups in total. The number of hydrogen-bond acceptors (Lipinski definition) is 3. The summed E-state index contributed by atoms with van der Waals surface area (Å²) in [6.07, 6.45) is 3.88. The van der Waals surface area contributed by atoms with E-state index < -0.39 is 0 Å². The van der Waals surface area contributed by atoms with Crippen molar-refractivity contribution in [1.82, 2.24) is 15.5 Å². The van der Waals surface area contributed by atoms with Crippen molar-refractivity contribution in [2.45, 2.75) is 45.2 Å². The molecule has 0 radical (unpaired) electrons. The van der Waals surface area contributed by atoms with E-state index in [1.165, 1.54) is 32.4 Å². The van der Waals surface area contributed by atoms with Gasteiger partial charge >= 0.3 is 0 Å². The van der Waals surface area contributed by atoms with Gasteiger partial charge in [-0.25, -0.2) is 0 Å². The molecule has 0 spiro atoms. The summed E-state index contributed by atoms with van der Waals surface area (Å²) >= 11 is 0. The van der Waals surface area contributed by atoms with E-state index in [0.717, 1.165) is 12.6 Å². The molecule has 2 atom stereocenters. The normalized spacial score (nSPS) is 29.4. The van der Waals surface area contributed by atoms with Crippen LogP contribution in [0.1, 0.15) is 33.1 Å². The van der Waals surface area contributed by atoms with Gasteiger partial charge in [0.2, 0.25) is 5.91 Å². The number of carbonyl (C=O) groups is 1. The Kier molecular flexibility index (Phi) is 3.73. The number of rotatable bonds is 4. The van der Waals surface area contributed by atoms with Gasteiger partial charge in [0.15, 0.2) is 0 Å². The topological polar surface area (TPSA) is 44.4 Å². The average molecular weight is 239 g/mol. The molecule has 1 amide bonds. The summed E-state index contributed by atoms with van der Waals surface area (Å²) in [4.78, 5) is 14.3. The first-order valence-corrected chi connectivity index (χ1v) is 6.74. The van der Waals surface area contributed by atoms with Gasteiger partial charge in [0, 0.05) is 32.2 Å². The van der Waals surface area contributed by atoms with Gasteiger partial charge < -0.3 is 10.6 Å². The monoisotopic (exact) mass is 239 g/mol. The zero-order valence-electron chi connectivity index (χ0n) is 11.3. The van der Waals surface area contributed by atoms with E-state index in [1.807, 2.05) is 13.8 Å². The SMILES string of the molecule is CNC(=O)C(C)(C)CNC1CCN2CCCC12. The predicted molar refractivity (Wildman–Crippen MR) is 68.9 cm³/mol. The first kappa shape index (κ1) is 12.8. The molecule has 4 nitrogen and oxygen atoms in total. The van der Waals surface area contributed by atoms with Crippen LogP contribution in [-0.2, 0) is 4.79 Å². The predicted octanol–water partition coefficient (Wildman–Crippen LogP) is 0.585. The fourth-order valence-electron chi connectivity index (χ4n) is 3.13. The largest absolute Gasteiger partial charge is 0.359 e. The Bertz CT molecular complexity index is 290. The lowest BCUT2D eigenvalue weighted by Gasteiger charge is -2.27. The van der Waals surface area contributed by atoms with Crippen molar-refractivity contribution in [3.05, 3.63) is 0 Å². The second kappa shape index (κ2) is 4.94. The van der Waals surface area contributed by atoms with Gasteiger partial charge in [0.25, 0.3) is 0 Å². The number of carbonyl (C=O) groups excluding carboxylic acids is 1. The number of fused-ring (bicyclic) bond motifs is 1. The molecule has 2 aliphatic heterocycles. The maximum Gasteiger partial charge on any atom is 0.226 e. The van der Waals surface area contributed by atoms with Gasteiger partial charge in [-0.2, -0.15) is 0 Å². The minimum absolute atomic E-state index is 0.117. The molecule has 2 saturated heterocycles. The molecular weight excluding hydrogens is 214 g/mol. The molecule has 0 saturated carbocycles. The van der Waals surface area contributed by atoms with E-state index >= 15 is 0 Å². The minimum Gasteiger partial charge on any atom is -0.359 e. The Balaban J connectivity index is 1.84. The summed E-state index contributed by atoms with van der Waals surface area (Å²) in [6, 6.07) is 1.30. The van der Waals surface area contributed by atoms with Gasteiger partial charge in [0.05, 0.1) is 5.41 Å². The minimum atomic E-state index is -0.319. The summed E-state index contributed by atoms with van der Waals surface area (Å²) < 4.78 is 0. The highest BCUT2D eigenvalue weighted by molar-refractivity contribution is 5.81. The zero-order chi connectivity index (χ0) is 12.5. The van der Waals surface area contributed by atoms with E-state index in [0.29, 0.717) is 6.04 Å². The van der Waals surface area contributed by atoms with Crippen molar-refractivity contribution in [2.24, 2.45) is 5.41 Å². The molecule has 2 rings (SSSR count). The average Bonchev–Trinajstić information content (AvgIpc) is 2.87. The number of nitrogens with one attached hydrogen (secondary N) is 2. The molecule has 2 fully saturated rings. The highest BCUT2D eigenvalue weighted by Crippen LogP contribution is 2.28. The molecule has 0 aromatic rings. The van der Waals surface area contributed by atoms with Crippen LogP contribution in [0.25, 0.3) is 0 Å². The Morgan fingerprint density at radius 3 is 2.82 bits per heavy atom. The van der Waals surface area contributed by atoms with Crippen molar-refractivity contribution >= 4 is 5.91 Å². The van der Waals surface area contributed by atoms with Gasteiger partial charge in [-0.3, -0.25) is 9.69 Å². The summed E-state index contributed by atoms with van der Waals surface area (Å²) in [6.45, 7) is 7.26. The van der Waals surface area contributed by atoms with Gasteiger partial charge in [-0.15, -0.1) is 0 Å². The van der Waals surface area contributed by atoms with Crippen LogP contribution in [-0.4, -0.2) is 49.6 Å². The number of nitrogens with zero attached hydrogens (tertiary/aromatic N) is 1. The van der Waals surface area contributed by atoms with Crippen LogP contribution in [0.2, 0.25) is 0 Å². The molecular formula is C13H25N3O. The van der Waals surface area contributed by atoms with E-state index in [9.17, 15) is 4.79 Å². The maximum atomic E-state index is 11.7. The Hall–Kier alpha value is -0.610. The quantitative estimate of drug-likeness (QED) is 0.754. The van der Waals surface area contributed by atoms with E-state index in [1.54, 1.807) is 7.05 Å². The van der Waals surface area contributed by atoms with E-state index in [2.05, 4.69) is 15.5 Å². The lowest BCUT2D eigenvalue weighted by Crippen LogP contribution is -2.47. The molecule has 0 aromatic carbocycles. The van der Waals surface area contributed by atoms with Crippen LogP contribution < -0.4 is 10.6 Å². The molecule has 2 aliphatic rings. The molecule has 0 aromatic heterocycles. The van der Waals surface area contributed by atoms with Crippen LogP contribution >= 0.6 is 0 Å². The van der Waals surface area contributed by atoms with Crippen LogP contribution in [0.3, 0.4) is 0 Å². The Morgan fingerprint density at radius 2 is 2.12 bits per heavy atom. The molecule has 17 heavy (non-hydrogen) atoms. The standard InChI is InChI=1S/C13H25N3O/c1-13(2,12(17)14-3)9-15-10-6-8-16-7-4-5-11(10)16/h10-11,15H,4-9H2,1-3H3,(H,14,17). The molecule has 2 heterocycles. The third-order valence-electron chi connectivity index (χ3n) is 4.25. The highest BCUT2D eigenvalue weighted by atomic mass is 16.2. The van der Waals surface area contributed by atoms with Crippen molar-refractivity contribution in [1.29, 1.82) is 0 Å². The highest BCUT2D eigenvalue weighted by Gasteiger charge is 2.38. The van der Waals surface area contributed by atoms with Crippen molar-refractivity contribution in [3.8, 4) is 0 Å². The molecule has 0 bridgehead atoms. The lowest BCUT2D eigenvalue weighted by molar-refractivity contribution is -0.128. The summed E-state index contributed by atoms with van der Waals surface area (Å²) in [5.74, 6) is 0.117. The fourth-order valence-corrected chi connectivity index (χ4v) is 3.13. The summed E-state index contributed by atoms with van der Waals surface area (Å²) in [5, 5.41) is 6.34. The smallest absolute Gasteiger partial charge is 0.226 e. The Morgan fingerprint density at radius 1 is 1.35 bits per heavy atom. The number of hydrogen-bond donors (Lipinski definition) is 2. The van der Waals surface area contributed by atoms with Crippen LogP contribution in [0.15, 0.2) is 0 Å². The van der Waals surface area contributed by atoms with E-state index in [4.69, 9.17) is 0 Å². The van der Waals surface area contributed by atoms with Gasteiger partial charge in [-0.1, -0.05) is 0 Å². The summed E-state index contributed by atoms with van der Waals surface area (Å²) in [5.41, 5.74) is -0.319. The molecule has 98 valence electrons. The third-order valence-corrected chi connectivity index (χ3v) is 4.25. The lowest BCUT2D eigenvalue weighted by atomic mass is 9.91. The first-order chi connectivity index (χ1) is 8.04. The zero-order valence-corrected chi connectivity index (χ0v) is 11.3. The second-order valence-corrected chi connectivity index (χ2v) is 5.98. The van der Waals surface area contributed by atoms with Crippen LogP contribution in [0, 0.1) is 5.41 Å². The second-order valence-electron chi connectivity index (χ2n) is 5.98. The van der Waals surface area contributed by atoms with Crippen molar-refractivity contribution < 1.29 is 4.79 Å². The van der Waals surface area contributed by atoms with Gasteiger partial charge in [-0.05, 0) is 39.7 Å². The first-order valence-electron chi connectivity index (χ1n) is 6.74. The molecule has 2 unspecified atom stereocenters. The van der Waals surface area contributed by atoms with Crippen LogP contribution in [0.4, 0.5) is 0 Å². The molecule has 4 heteroatoms. The Labute approximate surface area is 104 Å². The fraction of sp³-hybridized carbons (Fsp3) is 0.923. The van der Waals surface area contributed by atoms with Crippen molar-refractivity contribution in [3.63, 3.8) is 0 Å². The van der Waals surface area contributed by atoms with E-state index in [-0.39, 0.29) is 11.3 Å².